The highest BCUT2D eigenvalue weighted by molar-refractivity contribution is 9.10. The summed E-state index contributed by atoms with van der Waals surface area (Å²) in [5.74, 6) is -1.04. The molecule has 0 bridgehead atoms. The van der Waals surface area contributed by atoms with Crippen LogP contribution in [0.1, 0.15) is 18.1 Å². The average Bonchev–Trinajstić information content (AvgIpc) is 2.86. The third-order valence-electron chi connectivity index (χ3n) is 4.25. The number of anilines is 1. The van der Waals surface area contributed by atoms with Crippen molar-refractivity contribution in [3.8, 4) is 6.07 Å². The van der Waals surface area contributed by atoms with Crippen LogP contribution in [0.2, 0.25) is 0 Å². The van der Waals surface area contributed by atoms with Gasteiger partial charge in [-0.3, -0.25) is 14.5 Å². The predicted molar refractivity (Wildman–Crippen MR) is 102 cm³/mol. The molecule has 0 radical (unpaired) electrons. The lowest BCUT2D eigenvalue weighted by molar-refractivity contribution is -0.133. The van der Waals surface area contributed by atoms with Crippen molar-refractivity contribution >= 4 is 39.5 Å². The van der Waals surface area contributed by atoms with Crippen LogP contribution in [0.4, 0.5) is 10.5 Å². The Kier molecular flexibility index (Phi) is 4.97. The number of carbonyl (C=O) groups excluding carboxylic acids is 3. The number of nitrogens with zero attached hydrogens (tertiary/aromatic N) is 2. The largest absolute Gasteiger partial charge is 0.325 e. The Morgan fingerprint density at radius 3 is 2.70 bits per heavy atom. The van der Waals surface area contributed by atoms with Crippen LogP contribution in [0, 0.1) is 11.3 Å². The minimum Gasteiger partial charge on any atom is -0.324 e. The topological polar surface area (TPSA) is 102 Å². The number of halogens is 1. The van der Waals surface area contributed by atoms with Gasteiger partial charge >= 0.3 is 6.03 Å². The Morgan fingerprint density at radius 1 is 1.26 bits per heavy atom. The molecule has 1 fully saturated rings. The quantitative estimate of drug-likeness (QED) is 0.733. The zero-order valence-electron chi connectivity index (χ0n) is 14.3. The van der Waals surface area contributed by atoms with Crippen molar-refractivity contribution in [2.24, 2.45) is 0 Å². The molecular formula is C19H15BrN4O3. The van der Waals surface area contributed by atoms with Gasteiger partial charge in [0.2, 0.25) is 5.91 Å². The first-order chi connectivity index (χ1) is 12.8. The highest BCUT2D eigenvalue weighted by Crippen LogP contribution is 2.30. The van der Waals surface area contributed by atoms with Gasteiger partial charge in [0, 0.05) is 10.2 Å². The van der Waals surface area contributed by atoms with E-state index in [1.165, 1.54) is 6.07 Å². The lowest BCUT2D eigenvalue weighted by atomic mass is 9.92. The molecule has 1 aliphatic heterocycles. The number of benzene rings is 2. The molecule has 0 saturated carbocycles. The van der Waals surface area contributed by atoms with Crippen molar-refractivity contribution in [1.82, 2.24) is 10.2 Å². The number of amides is 4. The van der Waals surface area contributed by atoms with Crippen LogP contribution >= 0.6 is 15.9 Å². The molecule has 2 aromatic carbocycles. The zero-order valence-corrected chi connectivity index (χ0v) is 15.9. The van der Waals surface area contributed by atoms with E-state index < -0.39 is 29.9 Å². The average molecular weight is 427 g/mol. The van der Waals surface area contributed by atoms with Crippen LogP contribution in [0.5, 0.6) is 0 Å². The summed E-state index contributed by atoms with van der Waals surface area (Å²) in [5.41, 5.74) is 0.174. The first kappa shape index (κ1) is 18.6. The predicted octanol–water partition coefficient (Wildman–Crippen LogP) is 2.73. The summed E-state index contributed by atoms with van der Waals surface area (Å²) in [6.45, 7) is 1.17. The van der Waals surface area contributed by atoms with Gasteiger partial charge in [-0.2, -0.15) is 5.26 Å². The lowest BCUT2D eigenvalue weighted by Crippen LogP contribution is -2.42. The van der Waals surface area contributed by atoms with Crippen LogP contribution in [0.3, 0.4) is 0 Å². The van der Waals surface area contributed by atoms with Gasteiger partial charge in [-0.05, 0) is 42.8 Å². The number of nitriles is 1. The molecule has 27 heavy (non-hydrogen) atoms. The van der Waals surface area contributed by atoms with Crippen molar-refractivity contribution in [3.63, 3.8) is 0 Å². The maximum atomic E-state index is 12.8. The van der Waals surface area contributed by atoms with Gasteiger partial charge < -0.3 is 10.6 Å². The van der Waals surface area contributed by atoms with Crippen molar-refractivity contribution in [3.05, 3.63) is 64.1 Å². The van der Waals surface area contributed by atoms with E-state index in [4.69, 9.17) is 5.26 Å². The van der Waals surface area contributed by atoms with E-state index >= 15 is 0 Å². The standard InChI is InChI=1S/C19H15BrN4O3/c1-19(13-5-3-6-14(20)9-13)17(26)24(18(27)23-19)11-16(25)22-15-7-2-4-12(8-15)10-21/h2-9H,11H2,1H3,(H,22,25)(H,23,27)/t19-/m1/s1. The van der Waals surface area contributed by atoms with Crippen LogP contribution in [0.15, 0.2) is 53.0 Å². The molecule has 136 valence electrons. The van der Waals surface area contributed by atoms with Crippen LogP contribution in [0.25, 0.3) is 0 Å². The number of nitrogens with one attached hydrogen (secondary N) is 2. The van der Waals surface area contributed by atoms with Gasteiger partial charge in [-0.25, -0.2) is 4.79 Å². The molecule has 1 atom stereocenters. The fourth-order valence-electron chi connectivity index (χ4n) is 2.85. The number of rotatable bonds is 4. The molecule has 3 rings (SSSR count). The third-order valence-corrected chi connectivity index (χ3v) is 4.75. The number of imide groups is 1. The fourth-order valence-corrected chi connectivity index (χ4v) is 3.25. The van der Waals surface area contributed by atoms with E-state index in [0.717, 1.165) is 9.37 Å². The second kappa shape index (κ2) is 7.21. The Labute approximate surface area is 164 Å². The number of urea groups is 1. The first-order valence-corrected chi connectivity index (χ1v) is 8.83. The van der Waals surface area contributed by atoms with Crippen molar-refractivity contribution < 1.29 is 14.4 Å². The summed E-state index contributed by atoms with van der Waals surface area (Å²) < 4.78 is 0.775. The number of carbonyl (C=O) groups is 3. The van der Waals surface area contributed by atoms with Gasteiger partial charge in [0.15, 0.2) is 0 Å². The van der Waals surface area contributed by atoms with Gasteiger partial charge in [-0.1, -0.05) is 34.1 Å². The molecule has 2 aromatic rings. The smallest absolute Gasteiger partial charge is 0.324 e. The minimum atomic E-state index is -1.25. The van der Waals surface area contributed by atoms with E-state index in [1.807, 2.05) is 12.1 Å². The molecule has 7 nitrogen and oxygen atoms in total. The minimum absolute atomic E-state index is 0.394. The monoisotopic (exact) mass is 426 g/mol. The number of hydrogen-bond donors (Lipinski definition) is 2. The summed E-state index contributed by atoms with van der Waals surface area (Å²) >= 11 is 3.35. The summed E-state index contributed by atoms with van der Waals surface area (Å²) in [7, 11) is 0. The Bertz CT molecular complexity index is 985. The van der Waals surface area contributed by atoms with Crippen molar-refractivity contribution in [2.75, 3.05) is 11.9 Å². The Hall–Kier alpha value is -3.18. The zero-order chi connectivity index (χ0) is 19.6. The third kappa shape index (κ3) is 3.68. The Balaban J connectivity index is 1.75. The van der Waals surface area contributed by atoms with Gasteiger partial charge in [0.25, 0.3) is 5.91 Å². The molecule has 0 aromatic heterocycles. The van der Waals surface area contributed by atoms with E-state index in [9.17, 15) is 14.4 Å². The molecule has 4 amide bonds. The van der Waals surface area contributed by atoms with E-state index in [2.05, 4.69) is 26.6 Å². The molecule has 1 heterocycles. The first-order valence-electron chi connectivity index (χ1n) is 8.03. The van der Waals surface area contributed by atoms with Crippen LogP contribution in [-0.2, 0) is 15.1 Å². The maximum absolute atomic E-state index is 12.8. The molecule has 0 unspecified atom stereocenters. The fraction of sp³-hybridized carbons (Fsp3) is 0.158. The highest BCUT2D eigenvalue weighted by Gasteiger charge is 2.49. The lowest BCUT2D eigenvalue weighted by Gasteiger charge is -2.22. The molecule has 2 N–H and O–H groups in total. The van der Waals surface area contributed by atoms with Crippen LogP contribution in [-0.4, -0.2) is 29.3 Å². The van der Waals surface area contributed by atoms with Crippen molar-refractivity contribution in [2.45, 2.75) is 12.5 Å². The second-order valence-electron chi connectivity index (χ2n) is 6.20. The number of hydrogen-bond acceptors (Lipinski definition) is 4. The molecule has 8 heteroatoms. The SMILES string of the molecule is C[C@]1(c2cccc(Br)c2)NC(=O)N(CC(=O)Nc2cccc(C#N)c2)C1=O. The maximum Gasteiger partial charge on any atom is 0.325 e. The highest BCUT2D eigenvalue weighted by atomic mass is 79.9. The normalized spacial score (nSPS) is 18.8. The molecule has 0 aliphatic carbocycles. The summed E-state index contributed by atoms with van der Waals surface area (Å²) in [4.78, 5) is 38.3. The van der Waals surface area contributed by atoms with Crippen molar-refractivity contribution in [1.29, 1.82) is 5.26 Å². The summed E-state index contributed by atoms with van der Waals surface area (Å²) in [6, 6.07) is 14.8. The van der Waals surface area contributed by atoms with Gasteiger partial charge in [0.1, 0.15) is 12.1 Å². The van der Waals surface area contributed by atoms with Gasteiger partial charge in [-0.15, -0.1) is 0 Å². The van der Waals surface area contributed by atoms with E-state index in [1.54, 1.807) is 43.3 Å². The van der Waals surface area contributed by atoms with Gasteiger partial charge in [0.05, 0.1) is 11.6 Å². The Morgan fingerprint density at radius 2 is 2.00 bits per heavy atom. The van der Waals surface area contributed by atoms with E-state index in [-0.39, 0.29) is 0 Å². The second-order valence-corrected chi connectivity index (χ2v) is 7.11. The van der Waals surface area contributed by atoms with E-state index in [0.29, 0.717) is 16.8 Å². The molecule has 1 saturated heterocycles. The summed E-state index contributed by atoms with van der Waals surface area (Å²) in [6.07, 6.45) is 0. The molecule has 0 spiro atoms. The van der Waals surface area contributed by atoms with Crippen LogP contribution < -0.4 is 10.6 Å². The summed E-state index contributed by atoms with van der Waals surface area (Å²) in [5, 5.41) is 14.2. The molecule has 1 aliphatic rings. The molecular weight excluding hydrogens is 412 g/mol.